The van der Waals surface area contributed by atoms with Gasteiger partial charge in [0.1, 0.15) is 5.75 Å². The fourth-order valence-electron chi connectivity index (χ4n) is 2.20. The lowest BCUT2D eigenvalue weighted by atomic mass is 10.0. The Kier molecular flexibility index (Phi) is 6.14. The molecular formula is C18H17ClN2O4. The van der Waals surface area contributed by atoms with Gasteiger partial charge in [-0.1, -0.05) is 17.7 Å². The maximum absolute atomic E-state index is 12.1. The first-order chi connectivity index (χ1) is 11.9. The van der Waals surface area contributed by atoms with Crippen LogP contribution in [-0.2, 0) is 11.2 Å². The minimum atomic E-state index is -0.959. The van der Waals surface area contributed by atoms with Gasteiger partial charge < -0.3 is 9.84 Å². The molecule has 2 N–H and O–H groups in total. The third-order valence-electron chi connectivity index (χ3n) is 3.45. The zero-order valence-electron chi connectivity index (χ0n) is 13.7. The number of aliphatic carboxylic acids is 1. The number of halogens is 1. The van der Waals surface area contributed by atoms with E-state index in [2.05, 4.69) is 10.5 Å². The topological polar surface area (TPSA) is 88.0 Å². The fraction of sp³-hybridized carbons (Fsp3) is 0.167. The molecule has 2 aromatic carbocycles. The summed E-state index contributed by atoms with van der Waals surface area (Å²) in [7, 11) is 1.48. The number of carboxylic acids is 1. The van der Waals surface area contributed by atoms with Crippen molar-refractivity contribution in [3.05, 3.63) is 64.2 Å². The van der Waals surface area contributed by atoms with Crippen molar-refractivity contribution in [2.45, 2.75) is 13.3 Å². The van der Waals surface area contributed by atoms with Crippen LogP contribution in [-0.4, -0.2) is 29.8 Å². The Morgan fingerprint density at radius 3 is 2.60 bits per heavy atom. The summed E-state index contributed by atoms with van der Waals surface area (Å²) in [6.45, 7) is 1.71. The maximum atomic E-state index is 12.1. The summed E-state index contributed by atoms with van der Waals surface area (Å²) in [5, 5.41) is 13.5. The number of benzene rings is 2. The number of amides is 1. The first-order valence-corrected chi connectivity index (χ1v) is 7.77. The molecule has 6 nitrogen and oxygen atoms in total. The van der Waals surface area contributed by atoms with Gasteiger partial charge in [0.2, 0.25) is 0 Å². The molecule has 0 aromatic heterocycles. The van der Waals surface area contributed by atoms with Crippen molar-refractivity contribution in [3.63, 3.8) is 0 Å². The van der Waals surface area contributed by atoms with Gasteiger partial charge in [-0.3, -0.25) is 9.59 Å². The second-order valence-corrected chi connectivity index (χ2v) is 5.68. The smallest absolute Gasteiger partial charge is 0.307 e. The number of carbonyl (C=O) groups excluding carboxylic acids is 1. The molecule has 1 amide bonds. The Morgan fingerprint density at radius 2 is 1.96 bits per heavy atom. The van der Waals surface area contributed by atoms with E-state index < -0.39 is 5.97 Å². The SMILES string of the molecule is COc1ccc(/C(C)=N\NC(=O)c2cccc(Cl)c2)cc1CC(=O)O. The molecule has 0 saturated carbocycles. The van der Waals surface area contributed by atoms with Crippen LogP contribution < -0.4 is 10.2 Å². The summed E-state index contributed by atoms with van der Waals surface area (Å²) in [5.74, 6) is -0.859. The van der Waals surface area contributed by atoms with Crippen molar-refractivity contribution >= 4 is 29.2 Å². The van der Waals surface area contributed by atoms with Gasteiger partial charge in [-0.05, 0) is 48.9 Å². The molecular weight excluding hydrogens is 344 g/mol. The standard InChI is InChI=1S/C18H17ClN2O4/c1-11(20-21-18(24)13-4-3-5-15(19)9-13)12-6-7-16(25-2)14(8-12)10-17(22)23/h3-9H,10H2,1-2H3,(H,21,24)(H,22,23)/b20-11-. The zero-order valence-corrected chi connectivity index (χ0v) is 14.5. The van der Waals surface area contributed by atoms with E-state index in [0.29, 0.717) is 33.2 Å². The molecule has 0 aliphatic rings. The number of nitrogens with one attached hydrogen (secondary N) is 1. The molecule has 2 rings (SSSR count). The highest BCUT2D eigenvalue weighted by atomic mass is 35.5. The average molecular weight is 361 g/mol. The number of hydrazone groups is 1. The first-order valence-electron chi connectivity index (χ1n) is 7.40. The van der Waals surface area contributed by atoms with Crippen LogP contribution in [0.15, 0.2) is 47.6 Å². The van der Waals surface area contributed by atoms with Gasteiger partial charge in [-0.25, -0.2) is 5.43 Å². The molecule has 7 heteroatoms. The van der Waals surface area contributed by atoms with E-state index in [0.717, 1.165) is 0 Å². The van der Waals surface area contributed by atoms with Crippen LogP contribution in [0.2, 0.25) is 5.02 Å². The van der Waals surface area contributed by atoms with Crippen LogP contribution in [0.3, 0.4) is 0 Å². The van der Waals surface area contributed by atoms with Crippen LogP contribution in [0.4, 0.5) is 0 Å². The summed E-state index contributed by atoms with van der Waals surface area (Å²) in [5.41, 5.74) is 4.60. The van der Waals surface area contributed by atoms with Crippen molar-refractivity contribution in [1.29, 1.82) is 0 Å². The highest BCUT2D eigenvalue weighted by molar-refractivity contribution is 6.30. The Balaban J connectivity index is 2.18. The lowest BCUT2D eigenvalue weighted by Gasteiger charge is -2.09. The van der Waals surface area contributed by atoms with E-state index in [1.165, 1.54) is 7.11 Å². The number of carboxylic acid groups (broad SMARTS) is 1. The molecule has 0 radical (unpaired) electrons. The zero-order chi connectivity index (χ0) is 18.4. The van der Waals surface area contributed by atoms with Gasteiger partial charge in [-0.15, -0.1) is 0 Å². The second-order valence-electron chi connectivity index (χ2n) is 5.25. The second kappa shape index (κ2) is 8.30. The van der Waals surface area contributed by atoms with Gasteiger partial charge >= 0.3 is 5.97 Å². The predicted molar refractivity (Wildman–Crippen MR) is 95.5 cm³/mol. The van der Waals surface area contributed by atoms with Gasteiger partial charge in [0.05, 0.1) is 19.2 Å². The largest absolute Gasteiger partial charge is 0.496 e. The third-order valence-corrected chi connectivity index (χ3v) is 3.69. The van der Waals surface area contributed by atoms with Gasteiger partial charge in [0, 0.05) is 16.1 Å². The summed E-state index contributed by atoms with van der Waals surface area (Å²) in [6.07, 6.45) is -0.167. The molecule has 130 valence electrons. The molecule has 0 bridgehead atoms. The Bertz CT molecular complexity index is 834. The van der Waals surface area contributed by atoms with E-state index in [1.54, 1.807) is 49.4 Å². The summed E-state index contributed by atoms with van der Waals surface area (Å²) in [6, 6.07) is 11.6. The molecule has 25 heavy (non-hydrogen) atoms. The lowest BCUT2D eigenvalue weighted by Crippen LogP contribution is -2.19. The average Bonchev–Trinajstić information content (AvgIpc) is 2.58. The van der Waals surface area contributed by atoms with E-state index >= 15 is 0 Å². The van der Waals surface area contributed by atoms with Crippen LogP contribution in [0.5, 0.6) is 5.75 Å². The normalized spacial score (nSPS) is 11.1. The molecule has 0 atom stereocenters. The lowest BCUT2D eigenvalue weighted by molar-refractivity contribution is -0.136. The van der Waals surface area contributed by atoms with Crippen molar-refractivity contribution in [3.8, 4) is 5.75 Å². The number of nitrogens with zero attached hydrogens (tertiary/aromatic N) is 1. The molecule has 2 aromatic rings. The van der Waals surface area contributed by atoms with Crippen LogP contribution in [0.1, 0.15) is 28.4 Å². The van der Waals surface area contributed by atoms with Crippen molar-refractivity contribution in [2.24, 2.45) is 5.10 Å². The Labute approximate surface area is 150 Å². The maximum Gasteiger partial charge on any atom is 0.307 e. The molecule has 0 fully saturated rings. The Morgan fingerprint density at radius 1 is 1.20 bits per heavy atom. The van der Waals surface area contributed by atoms with E-state index in [4.69, 9.17) is 21.4 Å². The van der Waals surface area contributed by atoms with E-state index in [-0.39, 0.29) is 12.3 Å². The minimum Gasteiger partial charge on any atom is -0.496 e. The highest BCUT2D eigenvalue weighted by Crippen LogP contribution is 2.21. The number of methoxy groups -OCH3 is 1. The molecule has 0 spiro atoms. The monoisotopic (exact) mass is 360 g/mol. The number of rotatable bonds is 6. The van der Waals surface area contributed by atoms with E-state index in [1.807, 2.05) is 0 Å². The molecule has 0 aliphatic heterocycles. The van der Waals surface area contributed by atoms with Gasteiger partial charge in [0.25, 0.3) is 5.91 Å². The number of ether oxygens (including phenoxy) is 1. The van der Waals surface area contributed by atoms with Crippen molar-refractivity contribution in [2.75, 3.05) is 7.11 Å². The summed E-state index contributed by atoms with van der Waals surface area (Å²) >= 11 is 5.86. The third kappa shape index (κ3) is 5.06. The van der Waals surface area contributed by atoms with Gasteiger partial charge in [0.15, 0.2) is 0 Å². The molecule has 0 heterocycles. The molecule has 0 unspecified atom stereocenters. The number of hydrogen-bond donors (Lipinski definition) is 2. The first kappa shape index (κ1) is 18.5. The minimum absolute atomic E-state index is 0.167. The van der Waals surface area contributed by atoms with Crippen molar-refractivity contribution in [1.82, 2.24) is 5.43 Å². The van der Waals surface area contributed by atoms with Crippen LogP contribution in [0, 0.1) is 0 Å². The number of hydrogen-bond acceptors (Lipinski definition) is 4. The quantitative estimate of drug-likeness (QED) is 0.612. The van der Waals surface area contributed by atoms with Crippen LogP contribution >= 0.6 is 11.6 Å². The molecule has 0 saturated heterocycles. The predicted octanol–water partition coefficient (Wildman–Crippen LogP) is 3.13. The fourth-order valence-corrected chi connectivity index (χ4v) is 2.39. The molecule has 0 aliphatic carbocycles. The van der Waals surface area contributed by atoms with E-state index in [9.17, 15) is 9.59 Å². The van der Waals surface area contributed by atoms with Crippen molar-refractivity contribution < 1.29 is 19.4 Å². The summed E-state index contributed by atoms with van der Waals surface area (Å²) in [4.78, 5) is 23.0. The Hall–Kier alpha value is -2.86. The number of carbonyl (C=O) groups is 2. The van der Waals surface area contributed by atoms with Crippen LogP contribution in [0.25, 0.3) is 0 Å². The summed E-state index contributed by atoms with van der Waals surface area (Å²) < 4.78 is 5.16. The van der Waals surface area contributed by atoms with Gasteiger partial charge in [-0.2, -0.15) is 5.10 Å². The highest BCUT2D eigenvalue weighted by Gasteiger charge is 2.11.